The van der Waals surface area contributed by atoms with Crippen LogP contribution in [0.5, 0.6) is 0 Å². The quantitative estimate of drug-likeness (QED) is 0.158. The third kappa shape index (κ3) is 5.63. The minimum absolute atomic E-state index is 0.114. The van der Waals surface area contributed by atoms with Crippen LogP contribution in [0.15, 0.2) is 140 Å². The fourth-order valence-corrected chi connectivity index (χ4v) is 12.9. The molecule has 0 atom stereocenters. The number of fused-ring (bicyclic) bond motifs is 3. The first-order chi connectivity index (χ1) is 27.4. The van der Waals surface area contributed by atoms with E-state index in [0.717, 1.165) is 17.8 Å². The van der Waals surface area contributed by atoms with E-state index >= 15 is 0 Å². The largest absolute Gasteiger partial charge is 0.310 e. The molecule has 4 bridgehead atoms. The summed E-state index contributed by atoms with van der Waals surface area (Å²) in [6, 6.07) is 54.0. The smallest absolute Gasteiger partial charge is 0.0543 e. The van der Waals surface area contributed by atoms with Gasteiger partial charge in [0.05, 0.1) is 5.69 Å². The van der Waals surface area contributed by atoms with E-state index in [1.165, 1.54) is 138 Å². The molecule has 0 heterocycles. The molecule has 6 aromatic carbocycles. The number of hydrogen-bond donors (Lipinski definition) is 0. The molecule has 280 valence electrons. The Morgan fingerprint density at radius 2 is 1.05 bits per heavy atom. The highest BCUT2D eigenvalue weighted by molar-refractivity contribution is 5.98. The summed E-state index contributed by atoms with van der Waals surface area (Å²) < 4.78 is 0. The van der Waals surface area contributed by atoms with E-state index < -0.39 is 0 Å². The molecule has 1 nitrogen and oxygen atoms in total. The Morgan fingerprint density at radius 3 is 1.71 bits per heavy atom. The van der Waals surface area contributed by atoms with Crippen LogP contribution in [-0.2, 0) is 10.8 Å². The van der Waals surface area contributed by atoms with Gasteiger partial charge in [-0.1, -0.05) is 136 Å². The van der Waals surface area contributed by atoms with Gasteiger partial charge in [-0.05, 0) is 167 Å². The van der Waals surface area contributed by atoms with Gasteiger partial charge >= 0.3 is 0 Å². The lowest BCUT2D eigenvalue weighted by Crippen LogP contribution is -2.48. The van der Waals surface area contributed by atoms with Crippen LogP contribution in [0.25, 0.3) is 33.4 Å². The second-order valence-corrected chi connectivity index (χ2v) is 19.0. The first-order valence-electron chi connectivity index (χ1n) is 21.9. The maximum atomic E-state index is 2.60. The molecule has 1 heteroatoms. The van der Waals surface area contributed by atoms with E-state index in [1.54, 1.807) is 5.56 Å². The molecular formula is C55H55N. The lowest BCUT2D eigenvalue weighted by Gasteiger charge is -2.57. The summed E-state index contributed by atoms with van der Waals surface area (Å²) in [5.74, 6) is 3.49. The summed E-state index contributed by atoms with van der Waals surface area (Å²) in [5.41, 5.74) is 17.7. The predicted molar refractivity (Wildman–Crippen MR) is 235 cm³/mol. The number of nitrogens with zero attached hydrogens (tertiary/aromatic N) is 1. The van der Waals surface area contributed by atoms with Gasteiger partial charge in [-0.25, -0.2) is 0 Å². The summed E-state index contributed by atoms with van der Waals surface area (Å²) in [6.07, 6.45) is 15.3. The topological polar surface area (TPSA) is 3.24 Å². The first-order valence-corrected chi connectivity index (χ1v) is 21.9. The van der Waals surface area contributed by atoms with Crippen molar-refractivity contribution in [2.24, 2.45) is 17.8 Å². The van der Waals surface area contributed by atoms with Gasteiger partial charge in [-0.3, -0.25) is 0 Å². The maximum absolute atomic E-state index is 2.60. The molecule has 0 amide bonds. The van der Waals surface area contributed by atoms with E-state index in [9.17, 15) is 0 Å². The Labute approximate surface area is 334 Å². The summed E-state index contributed by atoms with van der Waals surface area (Å²) >= 11 is 0. The molecule has 0 radical (unpaired) electrons. The van der Waals surface area contributed by atoms with Crippen molar-refractivity contribution in [2.75, 3.05) is 4.90 Å². The van der Waals surface area contributed by atoms with Crippen molar-refractivity contribution in [3.05, 3.63) is 162 Å². The fourth-order valence-electron chi connectivity index (χ4n) is 12.9. The second-order valence-electron chi connectivity index (χ2n) is 19.0. The van der Waals surface area contributed by atoms with Crippen molar-refractivity contribution >= 4 is 17.1 Å². The van der Waals surface area contributed by atoms with E-state index in [4.69, 9.17) is 0 Å². The third-order valence-corrected chi connectivity index (χ3v) is 15.2. The van der Waals surface area contributed by atoms with E-state index in [2.05, 4.69) is 158 Å². The molecule has 0 spiro atoms. The Morgan fingerprint density at radius 1 is 0.482 bits per heavy atom. The van der Waals surface area contributed by atoms with Crippen molar-refractivity contribution in [2.45, 2.75) is 101 Å². The molecule has 6 aliphatic rings. The lowest BCUT2D eigenvalue weighted by atomic mass is 9.48. The molecule has 6 aromatic rings. The highest BCUT2D eigenvalue weighted by Crippen LogP contribution is 2.61. The molecule has 0 aromatic heterocycles. The zero-order valence-corrected chi connectivity index (χ0v) is 33.3. The average Bonchev–Trinajstić information content (AvgIpc) is 3.46. The molecule has 0 aliphatic heterocycles. The van der Waals surface area contributed by atoms with Gasteiger partial charge < -0.3 is 4.90 Å². The van der Waals surface area contributed by atoms with Gasteiger partial charge in [0.25, 0.3) is 0 Å². The number of hydrogen-bond acceptors (Lipinski definition) is 1. The first kappa shape index (κ1) is 34.4. The van der Waals surface area contributed by atoms with Crippen LogP contribution >= 0.6 is 0 Å². The summed E-state index contributed by atoms with van der Waals surface area (Å²) in [6.45, 7) is 4.84. The molecule has 5 fully saturated rings. The van der Waals surface area contributed by atoms with Crippen LogP contribution in [0.4, 0.5) is 17.1 Å². The molecule has 0 N–H and O–H groups in total. The highest BCUT2D eigenvalue weighted by Gasteiger charge is 2.51. The second kappa shape index (κ2) is 13.4. The molecule has 12 rings (SSSR count). The summed E-state index contributed by atoms with van der Waals surface area (Å²) in [5, 5.41) is 0. The molecule has 0 unspecified atom stereocenters. The molecule has 0 saturated heterocycles. The minimum Gasteiger partial charge on any atom is -0.310 e. The Bertz CT molecular complexity index is 2360. The van der Waals surface area contributed by atoms with Gasteiger partial charge in [-0.2, -0.15) is 0 Å². The number of rotatable bonds is 7. The van der Waals surface area contributed by atoms with Gasteiger partial charge in [0, 0.05) is 22.4 Å². The van der Waals surface area contributed by atoms with Crippen LogP contribution in [0, 0.1) is 17.8 Å². The number of anilines is 3. The molecular weight excluding hydrogens is 675 g/mol. The van der Waals surface area contributed by atoms with Crippen molar-refractivity contribution in [1.29, 1.82) is 0 Å². The van der Waals surface area contributed by atoms with Crippen LogP contribution < -0.4 is 4.90 Å². The molecule has 6 aliphatic carbocycles. The Hall–Kier alpha value is -4.88. The molecule has 5 saturated carbocycles. The zero-order chi connectivity index (χ0) is 37.4. The van der Waals surface area contributed by atoms with Crippen LogP contribution in [0.2, 0.25) is 0 Å². The monoisotopic (exact) mass is 729 g/mol. The average molecular weight is 730 g/mol. The van der Waals surface area contributed by atoms with Gasteiger partial charge in [0.1, 0.15) is 0 Å². The van der Waals surface area contributed by atoms with Crippen molar-refractivity contribution < 1.29 is 0 Å². The van der Waals surface area contributed by atoms with Crippen molar-refractivity contribution in [3.63, 3.8) is 0 Å². The summed E-state index contributed by atoms with van der Waals surface area (Å²) in [7, 11) is 0. The highest BCUT2D eigenvalue weighted by atomic mass is 15.1. The van der Waals surface area contributed by atoms with Crippen molar-refractivity contribution in [1.82, 2.24) is 0 Å². The minimum atomic E-state index is -0.114. The summed E-state index contributed by atoms with van der Waals surface area (Å²) in [4.78, 5) is 2.60. The zero-order valence-electron chi connectivity index (χ0n) is 33.3. The normalized spacial score (nSPS) is 24.5. The van der Waals surface area contributed by atoms with E-state index in [0.29, 0.717) is 11.3 Å². The standard InChI is InChI=1S/C55H55N/c1-54(2)51-20-12-11-19-48(51)49-32-50(47-18-10-9-17-46(47)42-15-7-4-8-16-42)53(33-52(49)54)56(44-25-21-41(22-26-44)40-13-5-3-6-14-40)45-27-23-43(24-28-45)55-34-37-29-38(35-55)31-39(30-37)36-55/h4,7-12,15-28,32-33,37-40H,3,5-6,13-14,29-31,34-36H2,1-2H3. The third-order valence-electron chi connectivity index (χ3n) is 15.2. The van der Waals surface area contributed by atoms with Crippen molar-refractivity contribution in [3.8, 4) is 33.4 Å². The van der Waals surface area contributed by atoms with E-state index in [1.807, 2.05) is 0 Å². The molecule has 56 heavy (non-hydrogen) atoms. The van der Waals surface area contributed by atoms with Crippen LogP contribution in [-0.4, -0.2) is 0 Å². The maximum Gasteiger partial charge on any atom is 0.0543 e. The SMILES string of the molecule is CC1(C)c2ccccc2-c2cc(-c3ccccc3-c3ccccc3)c(N(c3ccc(C4CCCCC4)cc3)c3ccc(C45CC6CC(CC(C6)C4)C5)cc3)cc21. The Balaban J connectivity index is 1.11. The van der Waals surface area contributed by atoms with Gasteiger partial charge in [-0.15, -0.1) is 0 Å². The number of benzene rings is 6. The fraction of sp³-hybridized carbons (Fsp3) is 0.345. The van der Waals surface area contributed by atoms with Crippen LogP contribution in [0.1, 0.15) is 113 Å². The predicted octanol–water partition coefficient (Wildman–Crippen LogP) is 15.3. The lowest BCUT2D eigenvalue weighted by molar-refractivity contribution is -0.00518. The van der Waals surface area contributed by atoms with Gasteiger partial charge in [0.15, 0.2) is 0 Å². The van der Waals surface area contributed by atoms with E-state index in [-0.39, 0.29) is 5.41 Å². The Kier molecular flexibility index (Phi) is 8.20. The van der Waals surface area contributed by atoms with Gasteiger partial charge in [0.2, 0.25) is 0 Å². The van der Waals surface area contributed by atoms with Crippen LogP contribution in [0.3, 0.4) is 0 Å².